The maximum Gasteiger partial charge on any atom is 0.243 e. The number of rotatable bonds is 5. The molecule has 1 aromatic carbocycles. The third kappa shape index (κ3) is 3.50. The van der Waals surface area contributed by atoms with Crippen LogP contribution in [-0.4, -0.2) is 36.2 Å². The molecule has 3 rings (SSSR count). The van der Waals surface area contributed by atoms with Gasteiger partial charge in [0.1, 0.15) is 6.04 Å². The molecule has 2 aromatic rings. The largest absolute Gasteiger partial charge is 0.350 e. The molecule has 1 atom stereocenters. The Kier molecular flexibility index (Phi) is 4.98. The van der Waals surface area contributed by atoms with Crippen LogP contribution < -0.4 is 5.32 Å². The molecule has 6 nitrogen and oxygen atoms in total. The molecular formula is C16H19N3O3S2. The molecular weight excluding hydrogens is 346 g/mol. The summed E-state index contributed by atoms with van der Waals surface area (Å²) in [6.45, 7) is 2.65. The van der Waals surface area contributed by atoms with Gasteiger partial charge in [-0.05, 0) is 31.9 Å². The topological polar surface area (TPSA) is 79.4 Å². The van der Waals surface area contributed by atoms with Crippen LogP contribution in [0.25, 0.3) is 0 Å². The minimum absolute atomic E-state index is 0.225. The molecule has 0 aliphatic carbocycles. The Morgan fingerprint density at radius 2 is 2.12 bits per heavy atom. The van der Waals surface area contributed by atoms with Crippen molar-refractivity contribution in [3.63, 3.8) is 0 Å². The Balaban J connectivity index is 1.72. The molecule has 128 valence electrons. The van der Waals surface area contributed by atoms with E-state index in [1.165, 1.54) is 15.6 Å². The zero-order chi connectivity index (χ0) is 17.2. The first-order valence-corrected chi connectivity index (χ1v) is 10.00. The first-order chi connectivity index (χ1) is 11.5. The quantitative estimate of drug-likeness (QED) is 0.878. The van der Waals surface area contributed by atoms with Crippen molar-refractivity contribution >= 4 is 27.3 Å². The summed E-state index contributed by atoms with van der Waals surface area (Å²) in [5.74, 6) is -0.252. The summed E-state index contributed by atoms with van der Waals surface area (Å²) < 4.78 is 26.8. The van der Waals surface area contributed by atoms with Gasteiger partial charge in [0.15, 0.2) is 0 Å². The highest BCUT2D eigenvalue weighted by molar-refractivity contribution is 7.89. The minimum Gasteiger partial charge on any atom is -0.350 e. The SMILES string of the molecule is Cc1ncc(CNC(=O)C2CCCN2S(=O)(=O)c2ccccc2)s1. The van der Waals surface area contributed by atoms with Gasteiger partial charge in [0.05, 0.1) is 16.4 Å². The Morgan fingerprint density at radius 1 is 1.38 bits per heavy atom. The van der Waals surface area contributed by atoms with Crippen molar-refractivity contribution in [1.29, 1.82) is 0 Å². The summed E-state index contributed by atoms with van der Waals surface area (Å²) in [6, 6.07) is 7.61. The van der Waals surface area contributed by atoms with Crippen molar-refractivity contribution in [3.8, 4) is 0 Å². The third-order valence-corrected chi connectivity index (χ3v) is 6.80. The number of aromatic nitrogens is 1. The van der Waals surface area contributed by atoms with E-state index in [0.717, 1.165) is 9.88 Å². The monoisotopic (exact) mass is 365 g/mol. The standard InChI is InChI=1S/C16H19N3O3S2/c1-12-17-10-13(23-12)11-18-16(20)15-8-5-9-19(15)24(21,22)14-6-3-2-4-7-14/h2-4,6-7,10,15H,5,8-9,11H2,1H3,(H,18,20). The van der Waals surface area contributed by atoms with Gasteiger partial charge in [0, 0.05) is 17.6 Å². The number of benzene rings is 1. The van der Waals surface area contributed by atoms with Crippen LogP contribution in [0.1, 0.15) is 22.7 Å². The number of amides is 1. The first kappa shape index (κ1) is 17.1. The molecule has 1 aliphatic heterocycles. The summed E-state index contributed by atoms with van der Waals surface area (Å²) in [4.78, 5) is 17.8. The molecule has 24 heavy (non-hydrogen) atoms. The van der Waals surface area contributed by atoms with Crippen LogP contribution in [0.15, 0.2) is 41.4 Å². The molecule has 0 bridgehead atoms. The number of aryl methyl sites for hydroxylation is 1. The fourth-order valence-corrected chi connectivity index (χ4v) is 5.21. The molecule has 0 radical (unpaired) electrons. The van der Waals surface area contributed by atoms with E-state index in [1.54, 1.807) is 36.5 Å². The van der Waals surface area contributed by atoms with E-state index in [2.05, 4.69) is 10.3 Å². The van der Waals surface area contributed by atoms with Gasteiger partial charge in [-0.25, -0.2) is 13.4 Å². The average molecular weight is 365 g/mol. The summed E-state index contributed by atoms with van der Waals surface area (Å²) in [5, 5.41) is 3.77. The number of hydrogen-bond donors (Lipinski definition) is 1. The molecule has 0 saturated carbocycles. The van der Waals surface area contributed by atoms with Crippen molar-refractivity contribution in [2.45, 2.75) is 37.2 Å². The molecule has 1 N–H and O–H groups in total. The van der Waals surface area contributed by atoms with E-state index in [0.29, 0.717) is 25.9 Å². The number of nitrogens with one attached hydrogen (secondary N) is 1. The van der Waals surface area contributed by atoms with Gasteiger partial charge < -0.3 is 5.32 Å². The molecule has 1 amide bonds. The van der Waals surface area contributed by atoms with Gasteiger partial charge in [0.25, 0.3) is 0 Å². The van der Waals surface area contributed by atoms with Crippen LogP contribution in [0.2, 0.25) is 0 Å². The smallest absolute Gasteiger partial charge is 0.243 e. The lowest BCUT2D eigenvalue weighted by Gasteiger charge is -2.23. The Bertz CT molecular complexity index is 818. The van der Waals surface area contributed by atoms with Gasteiger partial charge >= 0.3 is 0 Å². The molecule has 1 fully saturated rings. The molecule has 1 unspecified atom stereocenters. The van der Waals surface area contributed by atoms with E-state index in [4.69, 9.17) is 0 Å². The van der Waals surface area contributed by atoms with Gasteiger partial charge in [-0.2, -0.15) is 4.31 Å². The summed E-state index contributed by atoms with van der Waals surface area (Å²) in [7, 11) is -3.65. The molecule has 1 saturated heterocycles. The van der Waals surface area contributed by atoms with Crippen LogP contribution in [0, 0.1) is 6.92 Å². The minimum atomic E-state index is -3.65. The fraction of sp³-hybridized carbons (Fsp3) is 0.375. The number of carbonyl (C=O) groups is 1. The Hall–Kier alpha value is -1.77. The maximum atomic E-state index is 12.8. The van der Waals surface area contributed by atoms with Crippen LogP contribution >= 0.6 is 11.3 Å². The van der Waals surface area contributed by atoms with Crippen LogP contribution in [0.4, 0.5) is 0 Å². The first-order valence-electron chi connectivity index (χ1n) is 7.74. The predicted molar refractivity (Wildman–Crippen MR) is 92.1 cm³/mol. The second-order valence-electron chi connectivity index (χ2n) is 5.65. The van der Waals surface area contributed by atoms with E-state index in [1.807, 2.05) is 6.92 Å². The summed E-state index contributed by atoms with van der Waals surface area (Å²) >= 11 is 1.52. The lowest BCUT2D eigenvalue weighted by molar-refractivity contribution is -0.124. The summed E-state index contributed by atoms with van der Waals surface area (Å²) in [5.41, 5.74) is 0. The van der Waals surface area contributed by atoms with Crippen molar-refractivity contribution in [1.82, 2.24) is 14.6 Å². The normalized spacial score (nSPS) is 18.6. The van der Waals surface area contributed by atoms with Crippen molar-refractivity contribution in [2.24, 2.45) is 0 Å². The number of nitrogens with zero attached hydrogens (tertiary/aromatic N) is 2. The van der Waals surface area contributed by atoms with Gasteiger partial charge in [-0.1, -0.05) is 18.2 Å². The van der Waals surface area contributed by atoms with E-state index < -0.39 is 16.1 Å². The third-order valence-electron chi connectivity index (χ3n) is 3.96. The lowest BCUT2D eigenvalue weighted by Crippen LogP contribution is -2.45. The van der Waals surface area contributed by atoms with Crippen LogP contribution in [-0.2, 0) is 21.4 Å². The number of thiazole rings is 1. The summed E-state index contributed by atoms with van der Waals surface area (Å²) in [6.07, 6.45) is 2.96. The number of carbonyl (C=O) groups excluding carboxylic acids is 1. The van der Waals surface area contributed by atoms with Gasteiger partial charge in [-0.15, -0.1) is 11.3 Å². The maximum absolute atomic E-state index is 12.8. The van der Waals surface area contributed by atoms with Gasteiger partial charge in [-0.3, -0.25) is 4.79 Å². The highest BCUT2D eigenvalue weighted by Gasteiger charge is 2.39. The molecule has 1 aliphatic rings. The predicted octanol–water partition coefficient (Wildman–Crippen LogP) is 1.92. The average Bonchev–Trinajstić information content (AvgIpc) is 3.23. The lowest BCUT2D eigenvalue weighted by atomic mass is 10.2. The molecule has 8 heteroatoms. The van der Waals surface area contributed by atoms with Crippen LogP contribution in [0.5, 0.6) is 0 Å². The molecule has 1 aromatic heterocycles. The highest BCUT2D eigenvalue weighted by atomic mass is 32.2. The molecule has 2 heterocycles. The van der Waals surface area contributed by atoms with Crippen LogP contribution in [0.3, 0.4) is 0 Å². The van der Waals surface area contributed by atoms with Gasteiger partial charge in [0.2, 0.25) is 15.9 Å². The van der Waals surface area contributed by atoms with E-state index in [9.17, 15) is 13.2 Å². The Labute approximate surface area is 145 Å². The zero-order valence-corrected chi connectivity index (χ0v) is 14.9. The van der Waals surface area contributed by atoms with E-state index >= 15 is 0 Å². The number of hydrogen-bond acceptors (Lipinski definition) is 5. The van der Waals surface area contributed by atoms with Crippen molar-refractivity contribution in [3.05, 3.63) is 46.4 Å². The second kappa shape index (κ2) is 7.00. The Morgan fingerprint density at radius 3 is 2.79 bits per heavy atom. The second-order valence-corrected chi connectivity index (χ2v) is 8.86. The van der Waals surface area contributed by atoms with Crippen molar-refractivity contribution < 1.29 is 13.2 Å². The van der Waals surface area contributed by atoms with Crippen molar-refractivity contribution in [2.75, 3.05) is 6.54 Å². The zero-order valence-electron chi connectivity index (χ0n) is 13.3. The number of sulfonamides is 1. The fourth-order valence-electron chi connectivity index (χ4n) is 2.80. The highest BCUT2D eigenvalue weighted by Crippen LogP contribution is 2.26. The van der Waals surface area contributed by atoms with E-state index in [-0.39, 0.29) is 10.8 Å². The molecule has 0 spiro atoms.